The molecule has 0 saturated heterocycles. The number of likely N-dealkylation sites (N-methyl/N-ethyl adjacent to an activating group) is 1. The number of anilines is 1. The monoisotopic (exact) mass is 486 g/mol. The molecule has 5 rings (SSSR count). The minimum atomic E-state index is -1.07. The molecule has 1 aromatic heterocycles. The second-order valence-electron chi connectivity index (χ2n) is 8.82. The van der Waals surface area contributed by atoms with E-state index in [1.54, 1.807) is 32.2 Å². The fourth-order valence-electron chi connectivity index (χ4n) is 3.89. The number of ether oxygens (including phenoxy) is 1. The summed E-state index contributed by atoms with van der Waals surface area (Å²) in [5.74, 6) is 5.40. The second kappa shape index (κ2) is 9.30. The van der Waals surface area contributed by atoms with Gasteiger partial charge >= 0.3 is 0 Å². The third kappa shape index (κ3) is 4.58. The van der Waals surface area contributed by atoms with Crippen LogP contribution in [-0.2, 0) is 4.79 Å². The van der Waals surface area contributed by atoms with E-state index in [1.807, 2.05) is 6.07 Å². The van der Waals surface area contributed by atoms with Crippen molar-refractivity contribution in [2.75, 3.05) is 18.6 Å². The predicted octanol–water partition coefficient (Wildman–Crippen LogP) is 2.60. The van der Waals surface area contributed by atoms with Gasteiger partial charge in [0.05, 0.1) is 5.69 Å². The van der Waals surface area contributed by atoms with Crippen molar-refractivity contribution in [3.63, 3.8) is 0 Å². The van der Waals surface area contributed by atoms with Crippen LogP contribution >= 0.6 is 0 Å². The molecule has 0 bridgehead atoms. The number of carbonyl (C=O) groups excluding carboxylic acids is 2. The van der Waals surface area contributed by atoms with Crippen molar-refractivity contribution in [2.24, 2.45) is 5.92 Å². The largest absolute Gasteiger partial charge is 0.489 e. The number of aromatic nitrogens is 2. The number of nitrogens with zero attached hydrogens (tertiary/aromatic N) is 3. The molecule has 36 heavy (non-hydrogen) atoms. The van der Waals surface area contributed by atoms with E-state index in [4.69, 9.17) is 4.74 Å². The lowest BCUT2D eigenvalue weighted by Crippen LogP contribution is -2.50. The topological polar surface area (TPSA) is 93.5 Å². The number of benzene rings is 2. The average Bonchev–Trinajstić information content (AvgIpc) is 3.70. The fraction of sp³-hybridized carbons (Fsp3) is 0.259. The number of halogens is 1. The maximum Gasteiger partial charge on any atom is 0.276 e. The molecule has 0 spiro atoms. The Morgan fingerprint density at radius 3 is 2.67 bits per heavy atom. The van der Waals surface area contributed by atoms with Gasteiger partial charge in [0.25, 0.3) is 11.8 Å². The van der Waals surface area contributed by atoms with E-state index in [-0.39, 0.29) is 12.3 Å². The summed E-state index contributed by atoms with van der Waals surface area (Å²) >= 11 is 0. The van der Waals surface area contributed by atoms with Gasteiger partial charge in [-0.05, 0) is 50.1 Å². The maximum absolute atomic E-state index is 14.3. The first kappa shape index (κ1) is 23.3. The molecule has 1 N–H and O–H groups in total. The number of amides is 2. The summed E-state index contributed by atoms with van der Waals surface area (Å²) in [4.78, 5) is 40.2. The molecule has 2 amide bonds. The summed E-state index contributed by atoms with van der Waals surface area (Å²) < 4.78 is 21.3. The summed E-state index contributed by atoms with van der Waals surface area (Å²) in [5, 5.41) is 6.65. The van der Waals surface area contributed by atoms with Gasteiger partial charge in [0.2, 0.25) is 5.43 Å². The summed E-state index contributed by atoms with van der Waals surface area (Å²) in [5.41, 5.74) is 0.646. The Balaban J connectivity index is 1.39. The molecule has 182 valence electrons. The molecule has 2 heterocycles. The number of aryl methyl sites for hydroxylation is 1. The Morgan fingerprint density at radius 1 is 1.14 bits per heavy atom. The van der Waals surface area contributed by atoms with Crippen LogP contribution in [0.4, 0.5) is 10.1 Å². The zero-order valence-electron chi connectivity index (χ0n) is 19.7. The van der Waals surface area contributed by atoms with Gasteiger partial charge < -0.3 is 15.0 Å². The highest BCUT2D eigenvalue weighted by Gasteiger charge is 2.32. The average molecular weight is 487 g/mol. The first-order valence-corrected chi connectivity index (χ1v) is 11.5. The lowest BCUT2D eigenvalue weighted by atomic mass is 10.1. The van der Waals surface area contributed by atoms with Gasteiger partial charge in [-0.25, -0.2) is 9.07 Å². The second-order valence-corrected chi connectivity index (χ2v) is 8.82. The van der Waals surface area contributed by atoms with Gasteiger partial charge in [0.15, 0.2) is 5.69 Å². The van der Waals surface area contributed by atoms with Gasteiger partial charge in [-0.15, -0.1) is 0 Å². The molecule has 1 atom stereocenters. The van der Waals surface area contributed by atoms with Crippen LogP contribution in [0.15, 0.2) is 53.3 Å². The zero-order valence-corrected chi connectivity index (χ0v) is 19.7. The number of carbonyl (C=O) groups is 2. The van der Waals surface area contributed by atoms with Crippen LogP contribution in [-0.4, -0.2) is 41.3 Å². The number of fused-ring (bicyclic) bond motifs is 1. The van der Waals surface area contributed by atoms with E-state index in [1.165, 1.54) is 33.8 Å². The van der Waals surface area contributed by atoms with Crippen molar-refractivity contribution in [1.29, 1.82) is 0 Å². The van der Waals surface area contributed by atoms with E-state index >= 15 is 0 Å². The van der Waals surface area contributed by atoms with Crippen LogP contribution in [0.1, 0.15) is 34.6 Å². The highest BCUT2D eigenvalue weighted by molar-refractivity contribution is 6.02. The lowest BCUT2D eigenvalue weighted by molar-refractivity contribution is -0.120. The van der Waals surface area contributed by atoms with Crippen LogP contribution in [0, 0.1) is 30.5 Å². The minimum absolute atomic E-state index is 0.0914. The van der Waals surface area contributed by atoms with Crippen LogP contribution in [0.3, 0.4) is 0 Å². The van der Waals surface area contributed by atoms with E-state index in [9.17, 15) is 18.8 Å². The quantitative estimate of drug-likeness (QED) is 0.575. The Kier molecular flexibility index (Phi) is 6.02. The number of hydrogen-bond donors (Lipinski definition) is 1. The van der Waals surface area contributed by atoms with E-state index in [0.717, 1.165) is 18.4 Å². The highest BCUT2D eigenvalue weighted by atomic mass is 19.1. The third-order valence-electron chi connectivity index (χ3n) is 6.06. The number of nitrogens with one attached hydrogen (secondary N) is 1. The van der Waals surface area contributed by atoms with Gasteiger partial charge in [0, 0.05) is 30.3 Å². The molecule has 2 aromatic carbocycles. The predicted molar refractivity (Wildman–Crippen MR) is 131 cm³/mol. The fourth-order valence-corrected chi connectivity index (χ4v) is 3.89. The highest BCUT2D eigenvalue weighted by Crippen LogP contribution is 2.32. The number of rotatable bonds is 3. The van der Waals surface area contributed by atoms with E-state index in [0.29, 0.717) is 23.0 Å². The minimum Gasteiger partial charge on any atom is -0.489 e. The Bertz CT molecular complexity index is 1500. The summed E-state index contributed by atoms with van der Waals surface area (Å²) in [7, 11) is 1.59. The summed E-state index contributed by atoms with van der Waals surface area (Å²) in [6.45, 7) is 1.45. The van der Waals surface area contributed by atoms with E-state index in [2.05, 4.69) is 22.3 Å². The molecule has 1 fully saturated rings. The lowest BCUT2D eigenvalue weighted by Gasteiger charge is -2.20. The Morgan fingerprint density at radius 2 is 1.92 bits per heavy atom. The molecule has 1 aliphatic carbocycles. The molecule has 1 saturated carbocycles. The maximum atomic E-state index is 14.3. The van der Waals surface area contributed by atoms with Crippen LogP contribution < -0.4 is 20.4 Å². The number of hydrogen-bond acceptors (Lipinski definition) is 5. The van der Waals surface area contributed by atoms with Gasteiger partial charge in [-0.1, -0.05) is 24.0 Å². The van der Waals surface area contributed by atoms with Gasteiger partial charge in [-0.2, -0.15) is 5.10 Å². The normalized spacial score (nSPS) is 16.8. The van der Waals surface area contributed by atoms with Crippen molar-refractivity contribution in [3.8, 4) is 23.3 Å². The zero-order chi connectivity index (χ0) is 25.4. The van der Waals surface area contributed by atoms with Crippen molar-refractivity contribution < 1.29 is 18.7 Å². The number of para-hydroxylation sites is 1. The molecule has 1 aliphatic heterocycles. The molecule has 9 heteroatoms. The van der Waals surface area contributed by atoms with Crippen molar-refractivity contribution in [3.05, 3.63) is 81.5 Å². The molecular weight excluding hydrogens is 463 g/mol. The van der Waals surface area contributed by atoms with Crippen molar-refractivity contribution >= 4 is 17.5 Å². The van der Waals surface area contributed by atoms with Crippen LogP contribution in [0.25, 0.3) is 5.69 Å². The van der Waals surface area contributed by atoms with E-state index < -0.39 is 34.8 Å². The third-order valence-corrected chi connectivity index (χ3v) is 6.06. The Labute approximate surface area is 206 Å². The molecule has 0 radical (unpaired) electrons. The molecule has 8 nitrogen and oxygen atoms in total. The van der Waals surface area contributed by atoms with Crippen LogP contribution in [0.5, 0.6) is 5.75 Å². The first-order valence-electron chi connectivity index (χ1n) is 11.5. The summed E-state index contributed by atoms with van der Waals surface area (Å²) in [6.07, 6.45) is 2.23. The summed E-state index contributed by atoms with van der Waals surface area (Å²) in [6, 6.07) is 11.4. The standard InChI is InChI=1S/C27H23FN4O4/c1-16-13-23(33)25(30-32(16)21-6-4-3-5-19(21)28)26(34)29-20-15-36-24-12-11-18(10-9-17-7-8-17)14-22(24)31(2)27(20)35/h3-6,11-14,17,20H,7-8,15H2,1-2H3,(H,29,34)/t20-/m0/s1. The van der Waals surface area contributed by atoms with Crippen molar-refractivity contribution in [1.82, 2.24) is 15.1 Å². The van der Waals surface area contributed by atoms with Crippen LogP contribution in [0.2, 0.25) is 0 Å². The smallest absolute Gasteiger partial charge is 0.276 e. The SMILES string of the molecule is Cc1cc(=O)c(C(=O)N[C@H]2COc3ccc(C#CC4CC4)cc3N(C)C2=O)nn1-c1ccccc1F. The van der Waals surface area contributed by atoms with Gasteiger partial charge in [0.1, 0.15) is 29.9 Å². The molecule has 0 unspecified atom stereocenters. The molecular formula is C27H23FN4O4. The molecule has 3 aromatic rings. The van der Waals surface area contributed by atoms with Gasteiger partial charge in [-0.3, -0.25) is 14.4 Å². The Hall–Kier alpha value is -4.45. The van der Waals surface area contributed by atoms with Crippen molar-refractivity contribution in [2.45, 2.75) is 25.8 Å². The first-order chi connectivity index (χ1) is 17.3. The molecule has 2 aliphatic rings.